The first-order chi connectivity index (χ1) is 8.21. The standard InChI is InChI=1S/C14H22N4/c1-9(2)11-7-12(18-8-17-11)10(15)6-13(16)14(3,4)5/h6-9,15H,16H2,1-5H3. The summed E-state index contributed by atoms with van der Waals surface area (Å²) < 4.78 is 0. The summed E-state index contributed by atoms with van der Waals surface area (Å²) in [4.78, 5) is 8.31. The summed E-state index contributed by atoms with van der Waals surface area (Å²) in [6.07, 6.45) is 3.17. The first kappa shape index (κ1) is 14.4. The van der Waals surface area contributed by atoms with E-state index in [4.69, 9.17) is 11.1 Å². The molecule has 3 N–H and O–H groups in total. The number of aromatic nitrogens is 2. The van der Waals surface area contributed by atoms with E-state index in [0.717, 1.165) is 5.69 Å². The Balaban J connectivity index is 3.02. The summed E-state index contributed by atoms with van der Waals surface area (Å²) in [6.45, 7) is 10.2. The van der Waals surface area contributed by atoms with Crippen molar-refractivity contribution in [2.45, 2.75) is 40.5 Å². The van der Waals surface area contributed by atoms with E-state index in [1.807, 2.05) is 26.8 Å². The number of hydrogen-bond donors (Lipinski definition) is 2. The lowest BCUT2D eigenvalue weighted by atomic mass is 9.91. The van der Waals surface area contributed by atoms with Gasteiger partial charge in [-0.3, -0.25) is 5.41 Å². The summed E-state index contributed by atoms with van der Waals surface area (Å²) in [6, 6.07) is 1.85. The molecule has 4 heteroatoms. The van der Waals surface area contributed by atoms with Gasteiger partial charge in [0, 0.05) is 16.8 Å². The van der Waals surface area contributed by atoms with Gasteiger partial charge in [0.05, 0.1) is 11.4 Å². The summed E-state index contributed by atoms with van der Waals surface area (Å²) in [5, 5.41) is 8.03. The molecule has 0 spiro atoms. The van der Waals surface area contributed by atoms with Crippen LogP contribution >= 0.6 is 0 Å². The second kappa shape index (κ2) is 5.29. The van der Waals surface area contributed by atoms with Gasteiger partial charge in [0.2, 0.25) is 0 Å². The number of allylic oxidation sites excluding steroid dienone is 2. The third kappa shape index (κ3) is 3.65. The van der Waals surface area contributed by atoms with Crippen LogP contribution in [0.4, 0.5) is 0 Å². The molecule has 0 radical (unpaired) electrons. The molecular weight excluding hydrogens is 224 g/mol. The second-order valence-electron chi connectivity index (χ2n) is 5.75. The predicted molar refractivity (Wildman–Crippen MR) is 74.7 cm³/mol. The molecule has 18 heavy (non-hydrogen) atoms. The molecule has 1 aromatic heterocycles. The third-order valence-electron chi connectivity index (χ3n) is 2.72. The smallest absolute Gasteiger partial charge is 0.116 e. The van der Waals surface area contributed by atoms with Crippen molar-refractivity contribution in [1.82, 2.24) is 9.97 Å². The van der Waals surface area contributed by atoms with Gasteiger partial charge < -0.3 is 5.73 Å². The lowest BCUT2D eigenvalue weighted by Crippen LogP contribution is -2.19. The Kier molecular flexibility index (Phi) is 4.22. The monoisotopic (exact) mass is 246 g/mol. The molecule has 0 unspecified atom stereocenters. The molecule has 0 fully saturated rings. The highest BCUT2D eigenvalue weighted by Crippen LogP contribution is 2.21. The minimum Gasteiger partial charge on any atom is -0.402 e. The van der Waals surface area contributed by atoms with E-state index in [0.29, 0.717) is 23.0 Å². The van der Waals surface area contributed by atoms with Crippen LogP contribution in [0.5, 0.6) is 0 Å². The van der Waals surface area contributed by atoms with E-state index in [2.05, 4.69) is 23.8 Å². The van der Waals surface area contributed by atoms with Crippen LogP contribution in [-0.2, 0) is 0 Å². The van der Waals surface area contributed by atoms with E-state index >= 15 is 0 Å². The minimum absolute atomic E-state index is 0.139. The molecule has 0 saturated heterocycles. The lowest BCUT2D eigenvalue weighted by Gasteiger charge is -2.19. The van der Waals surface area contributed by atoms with Gasteiger partial charge in [-0.2, -0.15) is 0 Å². The number of nitrogens with zero attached hydrogens (tertiary/aromatic N) is 2. The van der Waals surface area contributed by atoms with E-state index < -0.39 is 0 Å². The molecule has 0 atom stereocenters. The van der Waals surface area contributed by atoms with E-state index in [1.165, 1.54) is 6.33 Å². The first-order valence-electron chi connectivity index (χ1n) is 6.10. The highest BCUT2D eigenvalue weighted by Gasteiger charge is 2.15. The van der Waals surface area contributed by atoms with Gasteiger partial charge in [0.15, 0.2) is 0 Å². The fourth-order valence-corrected chi connectivity index (χ4v) is 1.28. The quantitative estimate of drug-likeness (QED) is 0.805. The molecule has 0 aliphatic rings. The van der Waals surface area contributed by atoms with Gasteiger partial charge in [0.1, 0.15) is 6.33 Å². The molecule has 0 bridgehead atoms. The SMILES string of the molecule is CC(C)c1cc(C(=N)C=C(N)C(C)(C)C)ncn1. The van der Waals surface area contributed by atoms with E-state index in [-0.39, 0.29) is 5.41 Å². The number of nitrogens with one attached hydrogen (secondary N) is 1. The molecule has 0 amide bonds. The maximum Gasteiger partial charge on any atom is 0.116 e. The van der Waals surface area contributed by atoms with Crippen LogP contribution in [0.15, 0.2) is 24.2 Å². The third-order valence-corrected chi connectivity index (χ3v) is 2.72. The van der Waals surface area contributed by atoms with Crippen LogP contribution in [-0.4, -0.2) is 15.7 Å². The number of hydrogen-bond acceptors (Lipinski definition) is 4. The van der Waals surface area contributed by atoms with E-state index in [9.17, 15) is 0 Å². The predicted octanol–water partition coefficient (Wildman–Crippen LogP) is 2.86. The van der Waals surface area contributed by atoms with Crippen molar-refractivity contribution in [1.29, 1.82) is 5.41 Å². The van der Waals surface area contributed by atoms with Crippen LogP contribution < -0.4 is 5.73 Å². The molecule has 0 aliphatic carbocycles. The van der Waals surface area contributed by atoms with Crippen molar-refractivity contribution in [2.24, 2.45) is 11.1 Å². The summed E-state index contributed by atoms with van der Waals surface area (Å²) in [5.41, 5.74) is 8.38. The highest BCUT2D eigenvalue weighted by molar-refractivity contribution is 6.05. The normalized spacial score (nSPS) is 12.9. The molecule has 1 rings (SSSR count). The first-order valence-corrected chi connectivity index (χ1v) is 6.10. The maximum atomic E-state index is 8.03. The lowest BCUT2D eigenvalue weighted by molar-refractivity contribution is 0.498. The average molecular weight is 246 g/mol. The Bertz CT molecular complexity index is 467. The van der Waals surface area contributed by atoms with Crippen molar-refractivity contribution in [2.75, 3.05) is 0 Å². The summed E-state index contributed by atoms with van der Waals surface area (Å²) >= 11 is 0. The molecule has 0 aliphatic heterocycles. The van der Waals surface area contributed by atoms with Crippen LogP contribution in [0.25, 0.3) is 0 Å². The Hall–Kier alpha value is -1.71. The topological polar surface area (TPSA) is 75.7 Å². The highest BCUT2D eigenvalue weighted by atomic mass is 14.8. The van der Waals surface area contributed by atoms with Crippen molar-refractivity contribution in [3.05, 3.63) is 35.6 Å². The largest absolute Gasteiger partial charge is 0.402 e. The van der Waals surface area contributed by atoms with Crippen LogP contribution in [0.1, 0.15) is 51.9 Å². The molecule has 0 saturated carbocycles. The Morgan fingerprint density at radius 2 is 1.94 bits per heavy atom. The molecule has 4 nitrogen and oxygen atoms in total. The summed E-state index contributed by atoms with van der Waals surface area (Å²) in [7, 11) is 0. The fourth-order valence-electron chi connectivity index (χ4n) is 1.28. The van der Waals surface area contributed by atoms with Crippen molar-refractivity contribution >= 4 is 5.71 Å². The van der Waals surface area contributed by atoms with Crippen molar-refractivity contribution < 1.29 is 0 Å². The zero-order valence-corrected chi connectivity index (χ0v) is 11.8. The number of rotatable bonds is 3. The zero-order valence-electron chi connectivity index (χ0n) is 11.8. The zero-order chi connectivity index (χ0) is 13.9. The van der Waals surface area contributed by atoms with Gasteiger partial charge in [0.25, 0.3) is 0 Å². The fraction of sp³-hybridized carbons (Fsp3) is 0.500. The van der Waals surface area contributed by atoms with Crippen LogP contribution in [0.2, 0.25) is 0 Å². The molecule has 1 aromatic rings. The van der Waals surface area contributed by atoms with Gasteiger partial charge in [-0.1, -0.05) is 34.6 Å². The molecule has 98 valence electrons. The van der Waals surface area contributed by atoms with Crippen LogP contribution in [0, 0.1) is 10.8 Å². The van der Waals surface area contributed by atoms with Crippen molar-refractivity contribution in [3.8, 4) is 0 Å². The average Bonchev–Trinajstić information content (AvgIpc) is 2.27. The van der Waals surface area contributed by atoms with Gasteiger partial charge in [-0.25, -0.2) is 9.97 Å². The van der Waals surface area contributed by atoms with Crippen LogP contribution in [0.3, 0.4) is 0 Å². The van der Waals surface area contributed by atoms with E-state index in [1.54, 1.807) is 6.08 Å². The number of nitrogens with two attached hydrogens (primary N) is 1. The molecule has 1 heterocycles. The Morgan fingerprint density at radius 3 is 2.44 bits per heavy atom. The summed E-state index contributed by atoms with van der Waals surface area (Å²) in [5.74, 6) is 0.323. The van der Waals surface area contributed by atoms with Gasteiger partial charge >= 0.3 is 0 Å². The van der Waals surface area contributed by atoms with Gasteiger partial charge in [-0.05, 0) is 18.1 Å². The van der Waals surface area contributed by atoms with Gasteiger partial charge in [-0.15, -0.1) is 0 Å². The minimum atomic E-state index is -0.139. The van der Waals surface area contributed by atoms with Crippen molar-refractivity contribution in [3.63, 3.8) is 0 Å². The Morgan fingerprint density at radius 1 is 1.33 bits per heavy atom. The molecule has 0 aromatic carbocycles. The Labute approximate surface area is 109 Å². The second-order valence-corrected chi connectivity index (χ2v) is 5.75. The molecular formula is C14H22N4. The maximum absolute atomic E-state index is 8.03.